The van der Waals surface area contributed by atoms with Crippen LogP contribution in [0.1, 0.15) is 23.2 Å². The molecule has 2 amide bonds. The van der Waals surface area contributed by atoms with E-state index in [1.807, 2.05) is 0 Å². The summed E-state index contributed by atoms with van der Waals surface area (Å²) in [5, 5.41) is 3.57. The number of rotatable bonds is 3. The molecule has 114 valence electrons. The summed E-state index contributed by atoms with van der Waals surface area (Å²) >= 11 is 6.08. The van der Waals surface area contributed by atoms with Crippen LogP contribution in [0.25, 0.3) is 0 Å². The van der Waals surface area contributed by atoms with Gasteiger partial charge in [0, 0.05) is 25.3 Å². The first-order valence-electron chi connectivity index (χ1n) is 6.56. The fourth-order valence-electron chi connectivity index (χ4n) is 2.21. The fraction of sp³-hybridized carbons (Fsp3) is 0.462. The molecular weight excluding hydrogens is 296 g/mol. The number of primary amides is 1. The topological polar surface area (TPSA) is 97.6 Å². The molecule has 0 unspecified atom stereocenters. The van der Waals surface area contributed by atoms with Gasteiger partial charge in [-0.1, -0.05) is 11.6 Å². The number of hydrogen-bond donors (Lipinski definition) is 2. The summed E-state index contributed by atoms with van der Waals surface area (Å²) in [4.78, 5) is 28.2. The molecule has 2 rings (SSSR count). The van der Waals surface area contributed by atoms with E-state index in [-0.39, 0.29) is 17.7 Å². The number of likely N-dealkylation sites (tertiary alicyclic amines) is 1. The van der Waals surface area contributed by atoms with Crippen molar-refractivity contribution in [1.29, 1.82) is 0 Å². The Morgan fingerprint density at radius 3 is 2.67 bits per heavy atom. The zero-order valence-corrected chi connectivity index (χ0v) is 12.4. The molecule has 2 heterocycles. The van der Waals surface area contributed by atoms with Gasteiger partial charge in [-0.05, 0) is 18.9 Å². The van der Waals surface area contributed by atoms with Crippen molar-refractivity contribution in [3.8, 4) is 0 Å². The number of carbonyl (C=O) groups is 2. The predicted molar refractivity (Wildman–Crippen MR) is 78.4 cm³/mol. The predicted octanol–water partition coefficient (Wildman–Crippen LogP) is 1.48. The molecule has 0 atom stereocenters. The molecule has 0 saturated carbocycles. The fourth-order valence-corrected chi connectivity index (χ4v) is 2.43. The Labute approximate surface area is 127 Å². The highest BCUT2D eigenvalue weighted by Gasteiger charge is 2.23. The normalized spacial score (nSPS) is 15.6. The zero-order valence-electron chi connectivity index (χ0n) is 11.6. The van der Waals surface area contributed by atoms with Crippen molar-refractivity contribution < 1.29 is 14.3 Å². The number of amides is 2. The van der Waals surface area contributed by atoms with Crippen molar-refractivity contribution in [2.24, 2.45) is 5.73 Å². The van der Waals surface area contributed by atoms with Gasteiger partial charge in [-0.2, -0.15) is 0 Å². The molecule has 21 heavy (non-hydrogen) atoms. The van der Waals surface area contributed by atoms with Crippen molar-refractivity contribution >= 4 is 29.4 Å². The molecule has 0 aliphatic carbocycles. The minimum Gasteiger partial charge on any atom is -0.453 e. The lowest BCUT2D eigenvalue weighted by Crippen LogP contribution is -2.42. The molecule has 1 aliphatic rings. The van der Waals surface area contributed by atoms with Gasteiger partial charge in [0.15, 0.2) is 0 Å². The molecule has 3 N–H and O–H groups in total. The van der Waals surface area contributed by atoms with Crippen molar-refractivity contribution in [2.45, 2.75) is 18.9 Å². The molecule has 0 radical (unpaired) electrons. The highest BCUT2D eigenvalue weighted by atomic mass is 35.5. The third kappa shape index (κ3) is 3.75. The Bertz CT molecular complexity index is 544. The molecule has 0 aromatic carbocycles. The van der Waals surface area contributed by atoms with E-state index < -0.39 is 5.91 Å². The average molecular weight is 313 g/mol. The van der Waals surface area contributed by atoms with Crippen LogP contribution in [0.15, 0.2) is 12.3 Å². The highest BCUT2D eigenvalue weighted by molar-refractivity contribution is 6.33. The number of methoxy groups -OCH3 is 1. The maximum Gasteiger partial charge on any atom is 0.409 e. The minimum atomic E-state index is -0.567. The SMILES string of the molecule is COC(=O)N1CCC(Nc2ncc(C(N)=O)cc2Cl)CC1. The number of nitrogens with zero attached hydrogens (tertiary/aromatic N) is 2. The maximum absolute atomic E-state index is 11.4. The number of hydrogen-bond acceptors (Lipinski definition) is 5. The van der Waals surface area contributed by atoms with E-state index in [4.69, 9.17) is 17.3 Å². The quantitative estimate of drug-likeness (QED) is 0.881. The Morgan fingerprint density at radius 1 is 1.48 bits per heavy atom. The molecule has 1 fully saturated rings. The summed E-state index contributed by atoms with van der Waals surface area (Å²) < 4.78 is 4.69. The van der Waals surface area contributed by atoms with Gasteiger partial charge in [0.2, 0.25) is 5.91 Å². The van der Waals surface area contributed by atoms with Crippen LogP contribution in [0.3, 0.4) is 0 Å². The van der Waals surface area contributed by atoms with Crippen molar-refractivity contribution in [2.75, 3.05) is 25.5 Å². The van der Waals surface area contributed by atoms with Crippen LogP contribution in [0, 0.1) is 0 Å². The zero-order chi connectivity index (χ0) is 15.4. The highest BCUT2D eigenvalue weighted by Crippen LogP contribution is 2.23. The van der Waals surface area contributed by atoms with Crippen molar-refractivity contribution in [1.82, 2.24) is 9.88 Å². The van der Waals surface area contributed by atoms with Crippen molar-refractivity contribution in [3.05, 3.63) is 22.8 Å². The number of ether oxygens (including phenoxy) is 1. The maximum atomic E-state index is 11.4. The molecular formula is C13H17ClN4O3. The van der Waals surface area contributed by atoms with E-state index in [0.29, 0.717) is 23.9 Å². The Hall–Kier alpha value is -2.02. The van der Waals surface area contributed by atoms with E-state index in [1.165, 1.54) is 19.4 Å². The first kappa shape index (κ1) is 15.4. The van der Waals surface area contributed by atoms with Crippen LogP contribution >= 0.6 is 11.6 Å². The van der Waals surface area contributed by atoms with E-state index >= 15 is 0 Å². The van der Waals surface area contributed by atoms with E-state index in [0.717, 1.165) is 12.8 Å². The Balaban J connectivity index is 1.95. The summed E-state index contributed by atoms with van der Waals surface area (Å²) in [6, 6.07) is 1.65. The first-order chi connectivity index (χ1) is 10.0. The number of pyridine rings is 1. The molecule has 1 aromatic heterocycles. The number of anilines is 1. The van der Waals surface area contributed by atoms with E-state index in [9.17, 15) is 9.59 Å². The summed E-state index contributed by atoms with van der Waals surface area (Å²) in [5.74, 6) is -0.0551. The molecule has 1 saturated heterocycles. The van der Waals surface area contributed by atoms with Gasteiger partial charge in [-0.15, -0.1) is 0 Å². The second-order valence-electron chi connectivity index (χ2n) is 4.79. The number of nitrogens with two attached hydrogens (primary N) is 1. The molecule has 0 spiro atoms. The molecule has 1 aromatic rings. The van der Waals surface area contributed by atoms with Gasteiger partial charge in [0.05, 0.1) is 17.7 Å². The summed E-state index contributed by atoms with van der Waals surface area (Å²) in [7, 11) is 1.37. The lowest BCUT2D eigenvalue weighted by Gasteiger charge is -2.31. The summed E-state index contributed by atoms with van der Waals surface area (Å²) in [5.41, 5.74) is 5.44. The van der Waals surface area contributed by atoms with Gasteiger partial charge in [-0.25, -0.2) is 9.78 Å². The summed E-state index contributed by atoms with van der Waals surface area (Å²) in [6.07, 6.45) is 2.62. The van der Waals surface area contributed by atoms with Crippen LogP contribution in [-0.4, -0.2) is 48.1 Å². The molecule has 8 heteroatoms. The Morgan fingerprint density at radius 2 is 2.14 bits per heavy atom. The van der Waals surface area contributed by atoms with E-state index in [2.05, 4.69) is 15.0 Å². The van der Waals surface area contributed by atoms with Gasteiger partial charge >= 0.3 is 6.09 Å². The average Bonchev–Trinajstić information content (AvgIpc) is 2.49. The van der Waals surface area contributed by atoms with Crippen LogP contribution in [-0.2, 0) is 4.74 Å². The van der Waals surface area contributed by atoms with Crippen LogP contribution < -0.4 is 11.1 Å². The monoisotopic (exact) mass is 312 g/mol. The van der Waals surface area contributed by atoms with Crippen LogP contribution in [0.2, 0.25) is 5.02 Å². The van der Waals surface area contributed by atoms with Gasteiger partial charge in [0.25, 0.3) is 0 Å². The summed E-state index contributed by atoms with van der Waals surface area (Å²) in [6.45, 7) is 1.22. The molecule has 7 nitrogen and oxygen atoms in total. The number of halogens is 1. The number of carbonyl (C=O) groups excluding carboxylic acids is 2. The second kappa shape index (κ2) is 6.62. The Kier molecular flexibility index (Phi) is 4.85. The van der Waals surface area contributed by atoms with Gasteiger partial charge < -0.3 is 20.7 Å². The van der Waals surface area contributed by atoms with Crippen LogP contribution in [0.5, 0.6) is 0 Å². The third-order valence-corrected chi connectivity index (χ3v) is 3.68. The third-order valence-electron chi connectivity index (χ3n) is 3.39. The molecule has 1 aliphatic heterocycles. The smallest absolute Gasteiger partial charge is 0.409 e. The van der Waals surface area contributed by atoms with E-state index in [1.54, 1.807) is 4.90 Å². The standard InChI is InChI=1S/C13H17ClN4O3/c1-21-13(20)18-4-2-9(3-5-18)17-12-10(14)6-8(7-16-12)11(15)19/h6-7,9H,2-5H2,1H3,(H2,15,19)(H,16,17). The van der Waals surface area contributed by atoms with Crippen molar-refractivity contribution in [3.63, 3.8) is 0 Å². The van der Waals surface area contributed by atoms with Gasteiger partial charge in [0.1, 0.15) is 5.82 Å². The van der Waals surface area contributed by atoms with Crippen LogP contribution in [0.4, 0.5) is 10.6 Å². The second-order valence-corrected chi connectivity index (χ2v) is 5.20. The number of nitrogens with one attached hydrogen (secondary N) is 1. The molecule has 0 bridgehead atoms. The lowest BCUT2D eigenvalue weighted by molar-refractivity contribution is 0.0999. The number of aromatic nitrogens is 1. The largest absolute Gasteiger partial charge is 0.453 e. The number of piperidine rings is 1. The first-order valence-corrected chi connectivity index (χ1v) is 6.94. The van der Waals surface area contributed by atoms with Gasteiger partial charge in [-0.3, -0.25) is 4.79 Å². The minimum absolute atomic E-state index is 0.162. The lowest BCUT2D eigenvalue weighted by atomic mass is 10.1.